The Morgan fingerprint density at radius 2 is 1.76 bits per heavy atom. The molecular formula is C15H23NO. The topological polar surface area (TPSA) is 12.5 Å². The van der Waals surface area contributed by atoms with Crippen molar-refractivity contribution in [3.8, 4) is 5.75 Å². The molecule has 17 heavy (non-hydrogen) atoms. The Labute approximate surface area is 105 Å². The molecule has 0 atom stereocenters. The summed E-state index contributed by atoms with van der Waals surface area (Å²) in [7, 11) is 1.69. The molecule has 1 aromatic rings. The van der Waals surface area contributed by atoms with Gasteiger partial charge in [-0.05, 0) is 37.7 Å². The molecule has 0 aliphatic heterocycles. The molecule has 0 unspecified atom stereocenters. The minimum Gasteiger partial charge on any atom is -0.497 e. The molecule has 0 fully saturated rings. The average Bonchev–Trinajstić information content (AvgIpc) is 2.37. The molecule has 0 amide bonds. The lowest BCUT2D eigenvalue weighted by atomic mass is 10.1. The van der Waals surface area contributed by atoms with Gasteiger partial charge >= 0.3 is 0 Å². The zero-order chi connectivity index (χ0) is 12.7. The fourth-order valence-electron chi connectivity index (χ4n) is 1.83. The van der Waals surface area contributed by atoms with Crippen LogP contribution in [0.25, 0.3) is 6.08 Å². The van der Waals surface area contributed by atoms with Crippen LogP contribution in [-0.2, 0) is 0 Å². The van der Waals surface area contributed by atoms with E-state index < -0.39 is 0 Å². The van der Waals surface area contributed by atoms with Crippen LogP contribution in [0.1, 0.15) is 26.3 Å². The Hall–Kier alpha value is -1.28. The molecule has 0 radical (unpaired) electrons. The SMILES string of the molecule is CCN(CC)CC(C)=Cc1ccc(OC)cc1. The Morgan fingerprint density at radius 1 is 1.18 bits per heavy atom. The second kappa shape index (κ2) is 7.13. The lowest BCUT2D eigenvalue weighted by Crippen LogP contribution is -2.24. The second-order valence-electron chi connectivity index (χ2n) is 4.23. The summed E-state index contributed by atoms with van der Waals surface area (Å²) in [5.41, 5.74) is 2.62. The highest BCUT2D eigenvalue weighted by Gasteiger charge is 2.00. The first-order chi connectivity index (χ1) is 8.19. The standard InChI is InChI=1S/C15H23NO/c1-5-16(6-2)12-13(3)11-14-7-9-15(17-4)10-8-14/h7-11H,5-6,12H2,1-4H3. The summed E-state index contributed by atoms with van der Waals surface area (Å²) in [5.74, 6) is 0.906. The number of nitrogens with zero attached hydrogens (tertiary/aromatic N) is 1. The molecule has 2 heteroatoms. The van der Waals surface area contributed by atoms with Crippen LogP contribution < -0.4 is 4.74 Å². The summed E-state index contributed by atoms with van der Waals surface area (Å²) in [6.45, 7) is 9.82. The van der Waals surface area contributed by atoms with Gasteiger partial charge in [-0.2, -0.15) is 0 Å². The predicted octanol–water partition coefficient (Wildman–Crippen LogP) is 3.44. The predicted molar refractivity (Wildman–Crippen MR) is 74.4 cm³/mol. The number of methoxy groups -OCH3 is 1. The molecule has 0 saturated heterocycles. The maximum Gasteiger partial charge on any atom is 0.118 e. The van der Waals surface area contributed by atoms with Gasteiger partial charge in [-0.1, -0.05) is 37.6 Å². The molecule has 0 aliphatic carbocycles. The van der Waals surface area contributed by atoms with Crippen molar-refractivity contribution < 1.29 is 4.74 Å². The van der Waals surface area contributed by atoms with E-state index in [4.69, 9.17) is 4.74 Å². The first-order valence-corrected chi connectivity index (χ1v) is 6.23. The van der Waals surface area contributed by atoms with Crippen molar-refractivity contribution in [2.75, 3.05) is 26.7 Å². The monoisotopic (exact) mass is 233 g/mol. The van der Waals surface area contributed by atoms with Crippen LogP contribution >= 0.6 is 0 Å². The van der Waals surface area contributed by atoms with Crippen molar-refractivity contribution in [2.24, 2.45) is 0 Å². The Kier molecular flexibility index (Phi) is 5.78. The van der Waals surface area contributed by atoms with Gasteiger partial charge in [0.15, 0.2) is 0 Å². The van der Waals surface area contributed by atoms with Gasteiger partial charge in [0.2, 0.25) is 0 Å². The summed E-state index contributed by atoms with van der Waals surface area (Å²) in [6, 6.07) is 8.17. The van der Waals surface area contributed by atoms with Crippen molar-refractivity contribution in [1.82, 2.24) is 4.90 Å². The number of hydrogen-bond acceptors (Lipinski definition) is 2. The molecule has 0 aromatic heterocycles. The number of benzene rings is 1. The molecule has 0 N–H and O–H groups in total. The quantitative estimate of drug-likeness (QED) is 0.746. The van der Waals surface area contributed by atoms with E-state index in [0.29, 0.717) is 0 Å². The summed E-state index contributed by atoms with van der Waals surface area (Å²) >= 11 is 0. The van der Waals surface area contributed by atoms with Gasteiger partial charge in [-0.3, -0.25) is 4.90 Å². The number of ether oxygens (including phenoxy) is 1. The number of rotatable bonds is 6. The molecule has 0 saturated carbocycles. The zero-order valence-electron chi connectivity index (χ0n) is 11.4. The van der Waals surface area contributed by atoms with Gasteiger partial charge in [0.25, 0.3) is 0 Å². The normalized spacial score (nSPS) is 11.9. The lowest BCUT2D eigenvalue weighted by molar-refractivity contribution is 0.330. The van der Waals surface area contributed by atoms with E-state index in [9.17, 15) is 0 Å². The first-order valence-electron chi connectivity index (χ1n) is 6.23. The van der Waals surface area contributed by atoms with Crippen molar-refractivity contribution in [3.05, 3.63) is 35.4 Å². The molecule has 1 aromatic carbocycles. The van der Waals surface area contributed by atoms with Crippen molar-refractivity contribution in [2.45, 2.75) is 20.8 Å². The Morgan fingerprint density at radius 3 is 2.24 bits per heavy atom. The minimum absolute atomic E-state index is 0.906. The van der Waals surface area contributed by atoms with E-state index in [2.05, 4.69) is 43.9 Å². The third-order valence-electron chi connectivity index (χ3n) is 2.90. The summed E-state index contributed by atoms with van der Waals surface area (Å²) < 4.78 is 5.14. The van der Waals surface area contributed by atoms with Gasteiger partial charge in [0.05, 0.1) is 7.11 Å². The van der Waals surface area contributed by atoms with E-state index in [1.807, 2.05) is 12.1 Å². The molecular weight excluding hydrogens is 210 g/mol. The summed E-state index contributed by atoms with van der Waals surface area (Å²) in [6.07, 6.45) is 2.23. The van der Waals surface area contributed by atoms with E-state index in [-0.39, 0.29) is 0 Å². The number of hydrogen-bond donors (Lipinski definition) is 0. The van der Waals surface area contributed by atoms with Crippen LogP contribution in [0.15, 0.2) is 29.8 Å². The highest BCUT2D eigenvalue weighted by atomic mass is 16.5. The van der Waals surface area contributed by atoms with Crippen LogP contribution in [0.4, 0.5) is 0 Å². The largest absolute Gasteiger partial charge is 0.497 e. The third kappa shape index (κ3) is 4.61. The smallest absolute Gasteiger partial charge is 0.118 e. The van der Waals surface area contributed by atoms with Crippen LogP contribution in [0.2, 0.25) is 0 Å². The van der Waals surface area contributed by atoms with Gasteiger partial charge in [0.1, 0.15) is 5.75 Å². The molecule has 0 spiro atoms. The van der Waals surface area contributed by atoms with Gasteiger partial charge in [-0.15, -0.1) is 0 Å². The van der Waals surface area contributed by atoms with Gasteiger partial charge < -0.3 is 4.74 Å². The molecule has 2 nitrogen and oxygen atoms in total. The molecule has 1 rings (SSSR count). The summed E-state index contributed by atoms with van der Waals surface area (Å²) in [5, 5.41) is 0. The van der Waals surface area contributed by atoms with E-state index >= 15 is 0 Å². The van der Waals surface area contributed by atoms with E-state index in [1.165, 1.54) is 11.1 Å². The van der Waals surface area contributed by atoms with Crippen LogP contribution in [0.3, 0.4) is 0 Å². The molecule has 0 heterocycles. The third-order valence-corrected chi connectivity index (χ3v) is 2.90. The first kappa shape index (κ1) is 13.8. The molecule has 94 valence electrons. The van der Waals surface area contributed by atoms with Crippen LogP contribution in [0, 0.1) is 0 Å². The van der Waals surface area contributed by atoms with Crippen molar-refractivity contribution in [1.29, 1.82) is 0 Å². The second-order valence-corrected chi connectivity index (χ2v) is 4.23. The number of likely N-dealkylation sites (N-methyl/N-ethyl adjacent to an activating group) is 1. The van der Waals surface area contributed by atoms with Gasteiger partial charge in [0, 0.05) is 6.54 Å². The maximum atomic E-state index is 5.14. The Balaban J connectivity index is 2.66. The minimum atomic E-state index is 0.906. The fourth-order valence-corrected chi connectivity index (χ4v) is 1.83. The Bertz CT molecular complexity index is 350. The van der Waals surface area contributed by atoms with Crippen LogP contribution in [0.5, 0.6) is 5.75 Å². The maximum absolute atomic E-state index is 5.14. The fraction of sp³-hybridized carbons (Fsp3) is 0.467. The van der Waals surface area contributed by atoms with Crippen molar-refractivity contribution >= 4 is 6.08 Å². The molecule has 0 bridgehead atoms. The van der Waals surface area contributed by atoms with Gasteiger partial charge in [-0.25, -0.2) is 0 Å². The van der Waals surface area contributed by atoms with E-state index in [0.717, 1.165) is 25.4 Å². The lowest BCUT2D eigenvalue weighted by Gasteiger charge is -2.18. The highest BCUT2D eigenvalue weighted by Crippen LogP contribution is 2.14. The highest BCUT2D eigenvalue weighted by molar-refractivity contribution is 5.53. The summed E-state index contributed by atoms with van der Waals surface area (Å²) in [4.78, 5) is 2.41. The van der Waals surface area contributed by atoms with E-state index in [1.54, 1.807) is 7.11 Å². The average molecular weight is 233 g/mol. The van der Waals surface area contributed by atoms with Crippen LogP contribution in [-0.4, -0.2) is 31.6 Å². The zero-order valence-corrected chi connectivity index (χ0v) is 11.4. The van der Waals surface area contributed by atoms with Crippen molar-refractivity contribution in [3.63, 3.8) is 0 Å². The molecule has 0 aliphatic rings.